The largest absolute Gasteiger partial charge is 0.350 e. The Hall–Kier alpha value is -2.69. The van der Waals surface area contributed by atoms with Gasteiger partial charge in [0.1, 0.15) is 11.9 Å². The summed E-state index contributed by atoms with van der Waals surface area (Å²) in [6.07, 6.45) is 1.08. The Kier molecular flexibility index (Phi) is 7.33. The minimum atomic E-state index is -0.609. The van der Waals surface area contributed by atoms with E-state index >= 15 is 0 Å². The van der Waals surface area contributed by atoms with Gasteiger partial charge in [-0.3, -0.25) is 9.59 Å². The molecule has 26 heavy (non-hydrogen) atoms. The van der Waals surface area contributed by atoms with Crippen molar-refractivity contribution in [3.8, 4) is 0 Å². The standard InChI is InChI=1S/C21H25FN2O2/c1-3-7-20(25)24(15-18-10-12-19(22)13-11-18)16(2)21(26)23-14-17-8-5-4-6-9-17/h4-6,8-13,16H,3,7,14-15H2,1-2H3,(H,23,26)/t16-/m0/s1. The highest BCUT2D eigenvalue weighted by molar-refractivity contribution is 5.87. The van der Waals surface area contributed by atoms with E-state index < -0.39 is 6.04 Å². The summed E-state index contributed by atoms with van der Waals surface area (Å²) < 4.78 is 13.1. The van der Waals surface area contributed by atoms with Crippen LogP contribution in [-0.2, 0) is 22.7 Å². The maximum absolute atomic E-state index is 13.1. The van der Waals surface area contributed by atoms with Crippen molar-refractivity contribution in [1.29, 1.82) is 0 Å². The summed E-state index contributed by atoms with van der Waals surface area (Å²) in [5.74, 6) is -0.617. The second-order valence-electron chi connectivity index (χ2n) is 6.28. The number of carbonyl (C=O) groups excluding carboxylic acids is 2. The van der Waals surface area contributed by atoms with Gasteiger partial charge < -0.3 is 10.2 Å². The molecule has 0 aliphatic rings. The van der Waals surface area contributed by atoms with E-state index in [2.05, 4.69) is 5.32 Å². The second-order valence-corrected chi connectivity index (χ2v) is 6.28. The minimum Gasteiger partial charge on any atom is -0.350 e. The predicted molar refractivity (Wildman–Crippen MR) is 99.6 cm³/mol. The van der Waals surface area contributed by atoms with Gasteiger partial charge in [0, 0.05) is 19.5 Å². The Morgan fingerprint density at radius 1 is 1.04 bits per heavy atom. The van der Waals surface area contributed by atoms with Crippen LogP contribution < -0.4 is 5.32 Å². The maximum Gasteiger partial charge on any atom is 0.242 e. The van der Waals surface area contributed by atoms with Crippen LogP contribution in [-0.4, -0.2) is 22.8 Å². The monoisotopic (exact) mass is 356 g/mol. The van der Waals surface area contributed by atoms with Crippen LogP contribution in [0.1, 0.15) is 37.8 Å². The van der Waals surface area contributed by atoms with Crippen molar-refractivity contribution in [2.24, 2.45) is 0 Å². The Morgan fingerprint density at radius 3 is 2.31 bits per heavy atom. The van der Waals surface area contributed by atoms with Crippen LogP contribution >= 0.6 is 0 Å². The zero-order valence-corrected chi connectivity index (χ0v) is 15.2. The highest BCUT2D eigenvalue weighted by atomic mass is 19.1. The number of carbonyl (C=O) groups is 2. The second kappa shape index (κ2) is 9.70. The Labute approximate surface area is 154 Å². The van der Waals surface area contributed by atoms with Crippen LogP contribution in [0, 0.1) is 5.82 Å². The lowest BCUT2D eigenvalue weighted by atomic mass is 10.1. The van der Waals surface area contributed by atoms with E-state index in [-0.39, 0.29) is 24.2 Å². The van der Waals surface area contributed by atoms with Gasteiger partial charge in [-0.15, -0.1) is 0 Å². The van der Waals surface area contributed by atoms with E-state index in [0.717, 1.165) is 11.1 Å². The average Bonchev–Trinajstić information content (AvgIpc) is 2.66. The number of hydrogen-bond acceptors (Lipinski definition) is 2. The van der Waals surface area contributed by atoms with Gasteiger partial charge in [0.25, 0.3) is 0 Å². The molecule has 0 aromatic heterocycles. The van der Waals surface area contributed by atoms with Gasteiger partial charge in [0.05, 0.1) is 0 Å². The lowest BCUT2D eigenvalue weighted by Gasteiger charge is -2.28. The number of nitrogens with one attached hydrogen (secondary N) is 1. The van der Waals surface area contributed by atoms with Gasteiger partial charge >= 0.3 is 0 Å². The van der Waals surface area contributed by atoms with Crippen LogP contribution in [0.25, 0.3) is 0 Å². The van der Waals surface area contributed by atoms with E-state index in [9.17, 15) is 14.0 Å². The number of amides is 2. The molecule has 0 spiro atoms. The normalized spacial score (nSPS) is 11.7. The summed E-state index contributed by atoms with van der Waals surface area (Å²) in [6.45, 7) is 4.33. The number of hydrogen-bond donors (Lipinski definition) is 1. The van der Waals surface area contributed by atoms with Crippen molar-refractivity contribution in [2.75, 3.05) is 0 Å². The van der Waals surface area contributed by atoms with Gasteiger partial charge in [-0.2, -0.15) is 0 Å². The van der Waals surface area contributed by atoms with Crippen LogP contribution in [0.2, 0.25) is 0 Å². The third-order valence-corrected chi connectivity index (χ3v) is 4.21. The van der Waals surface area contributed by atoms with Crippen molar-refractivity contribution in [3.05, 3.63) is 71.5 Å². The Morgan fingerprint density at radius 2 is 1.69 bits per heavy atom. The van der Waals surface area contributed by atoms with E-state index in [1.54, 1.807) is 24.0 Å². The first kappa shape index (κ1) is 19.6. The van der Waals surface area contributed by atoms with Crippen molar-refractivity contribution in [3.63, 3.8) is 0 Å². The first-order valence-electron chi connectivity index (χ1n) is 8.86. The fraction of sp³-hybridized carbons (Fsp3) is 0.333. The van der Waals surface area contributed by atoms with E-state index in [1.807, 2.05) is 37.3 Å². The third kappa shape index (κ3) is 5.69. The number of halogens is 1. The molecule has 0 aliphatic carbocycles. The highest BCUT2D eigenvalue weighted by Crippen LogP contribution is 2.13. The number of benzene rings is 2. The molecule has 1 atom stereocenters. The van der Waals surface area contributed by atoms with Crippen molar-refractivity contribution in [1.82, 2.24) is 10.2 Å². The average molecular weight is 356 g/mol. The number of rotatable bonds is 8. The maximum atomic E-state index is 13.1. The van der Waals surface area contributed by atoms with Crippen molar-refractivity contribution < 1.29 is 14.0 Å². The van der Waals surface area contributed by atoms with E-state index in [1.165, 1.54) is 12.1 Å². The highest BCUT2D eigenvalue weighted by Gasteiger charge is 2.25. The molecule has 0 saturated carbocycles. The molecule has 0 unspecified atom stereocenters. The molecule has 0 saturated heterocycles. The summed E-state index contributed by atoms with van der Waals surface area (Å²) in [4.78, 5) is 26.6. The van der Waals surface area contributed by atoms with Crippen molar-refractivity contribution >= 4 is 11.8 Å². The van der Waals surface area contributed by atoms with Crippen molar-refractivity contribution in [2.45, 2.75) is 45.8 Å². The molecule has 1 N–H and O–H groups in total. The van der Waals surface area contributed by atoms with Gasteiger partial charge in [0.2, 0.25) is 11.8 Å². The third-order valence-electron chi connectivity index (χ3n) is 4.21. The van der Waals surface area contributed by atoms with Gasteiger partial charge in [-0.25, -0.2) is 4.39 Å². The fourth-order valence-electron chi connectivity index (χ4n) is 2.66. The van der Waals surface area contributed by atoms with Crippen LogP contribution in [0.4, 0.5) is 4.39 Å². The predicted octanol–water partition coefficient (Wildman–Crippen LogP) is 3.66. The lowest BCUT2D eigenvalue weighted by molar-refractivity contribution is -0.140. The fourth-order valence-corrected chi connectivity index (χ4v) is 2.66. The molecule has 0 aliphatic heterocycles. The van der Waals surface area contributed by atoms with Gasteiger partial charge in [-0.05, 0) is 36.6 Å². The van der Waals surface area contributed by atoms with Crippen LogP contribution in [0.3, 0.4) is 0 Å². The molecule has 0 bridgehead atoms. The number of nitrogens with zero attached hydrogens (tertiary/aromatic N) is 1. The quantitative estimate of drug-likeness (QED) is 0.785. The molecule has 4 nitrogen and oxygen atoms in total. The lowest BCUT2D eigenvalue weighted by Crippen LogP contribution is -2.47. The summed E-state index contributed by atoms with van der Waals surface area (Å²) in [6, 6.07) is 15.0. The molecule has 138 valence electrons. The zero-order chi connectivity index (χ0) is 18.9. The summed E-state index contributed by atoms with van der Waals surface area (Å²) >= 11 is 0. The van der Waals surface area contributed by atoms with E-state index in [0.29, 0.717) is 19.4 Å². The summed E-state index contributed by atoms with van der Waals surface area (Å²) in [5.41, 5.74) is 1.79. The molecule has 0 radical (unpaired) electrons. The summed E-state index contributed by atoms with van der Waals surface area (Å²) in [7, 11) is 0. The van der Waals surface area contributed by atoms with Crippen LogP contribution in [0.15, 0.2) is 54.6 Å². The molecular formula is C21H25FN2O2. The Balaban J connectivity index is 2.05. The molecule has 2 aromatic rings. The Bertz CT molecular complexity index is 717. The first-order chi connectivity index (χ1) is 12.5. The van der Waals surface area contributed by atoms with Gasteiger partial charge in [0.15, 0.2) is 0 Å². The molecule has 0 heterocycles. The van der Waals surface area contributed by atoms with Gasteiger partial charge in [-0.1, -0.05) is 49.4 Å². The van der Waals surface area contributed by atoms with Crippen LogP contribution in [0.5, 0.6) is 0 Å². The molecule has 0 fully saturated rings. The molecule has 2 aromatic carbocycles. The molecule has 2 rings (SSSR count). The SMILES string of the molecule is CCCC(=O)N(Cc1ccc(F)cc1)[C@@H](C)C(=O)NCc1ccccc1. The van der Waals surface area contributed by atoms with E-state index in [4.69, 9.17) is 0 Å². The molecule has 2 amide bonds. The summed E-state index contributed by atoms with van der Waals surface area (Å²) in [5, 5.41) is 2.88. The molecular weight excluding hydrogens is 331 g/mol. The minimum absolute atomic E-state index is 0.0841. The zero-order valence-electron chi connectivity index (χ0n) is 15.2. The topological polar surface area (TPSA) is 49.4 Å². The first-order valence-corrected chi connectivity index (χ1v) is 8.86. The molecule has 5 heteroatoms. The smallest absolute Gasteiger partial charge is 0.242 e.